The van der Waals surface area contributed by atoms with Crippen LogP contribution in [0.5, 0.6) is 0 Å². The van der Waals surface area contributed by atoms with Crippen LogP contribution in [-0.4, -0.2) is 64.7 Å². The van der Waals surface area contributed by atoms with Crippen molar-refractivity contribution in [3.05, 3.63) is 11.9 Å². The van der Waals surface area contributed by atoms with Gasteiger partial charge in [-0.25, -0.2) is 4.99 Å². The molecule has 0 amide bonds. The van der Waals surface area contributed by atoms with Gasteiger partial charge in [0.25, 0.3) is 0 Å². The van der Waals surface area contributed by atoms with E-state index in [-0.39, 0.29) is 0 Å². The minimum absolute atomic E-state index is 0.457. The predicted octanol–water partition coefficient (Wildman–Crippen LogP) is 2.45. The zero-order chi connectivity index (χ0) is 16.2. The standard InChI is InChI=1S/C17H32N4O/c1-5-17(22,6-2)10-8-9-11-20-12-15-16(19(4)14-20)18-13-21(15)7-3/h12,22H,5-11,13-14H2,1-4H3. The smallest absolute Gasteiger partial charge is 0.152 e. The van der Waals surface area contributed by atoms with Crippen molar-refractivity contribution < 1.29 is 5.11 Å². The molecular weight excluding hydrogens is 276 g/mol. The van der Waals surface area contributed by atoms with Crippen molar-refractivity contribution in [3.63, 3.8) is 0 Å². The lowest BCUT2D eigenvalue weighted by atomic mass is 9.91. The summed E-state index contributed by atoms with van der Waals surface area (Å²) in [6.45, 7) is 10.1. The summed E-state index contributed by atoms with van der Waals surface area (Å²) in [6, 6.07) is 0. The summed E-state index contributed by atoms with van der Waals surface area (Å²) in [5.74, 6) is 1.13. The van der Waals surface area contributed by atoms with Gasteiger partial charge in [0, 0.05) is 26.3 Å². The number of hydrogen-bond donors (Lipinski definition) is 1. The maximum atomic E-state index is 10.3. The second-order valence-electron chi connectivity index (χ2n) is 6.53. The SMILES string of the molecule is CCN1CN=C2C1=CN(CCCCC(O)(CC)CC)CN2C. The van der Waals surface area contributed by atoms with Gasteiger partial charge in [-0.2, -0.15) is 0 Å². The van der Waals surface area contributed by atoms with E-state index in [4.69, 9.17) is 0 Å². The van der Waals surface area contributed by atoms with Crippen molar-refractivity contribution in [1.82, 2.24) is 14.7 Å². The molecule has 0 bridgehead atoms. The first-order chi connectivity index (χ1) is 10.5. The first-order valence-corrected chi connectivity index (χ1v) is 8.72. The van der Waals surface area contributed by atoms with Crippen LogP contribution in [0.4, 0.5) is 0 Å². The van der Waals surface area contributed by atoms with Gasteiger partial charge in [0.2, 0.25) is 0 Å². The Bertz CT molecular complexity index is 428. The molecule has 5 nitrogen and oxygen atoms in total. The monoisotopic (exact) mass is 308 g/mol. The number of fused-ring (bicyclic) bond motifs is 1. The van der Waals surface area contributed by atoms with Crippen molar-refractivity contribution in [2.24, 2.45) is 4.99 Å². The van der Waals surface area contributed by atoms with E-state index in [0.717, 1.165) is 64.4 Å². The first kappa shape index (κ1) is 17.1. The lowest BCUT2D eigenvalue weighted by molar-refractivity contribution is 0.0207. The summed E-state index contributed by atoms with van der Waals surface area (Å²) >= 11 is 0. The van der Waals surface area contributed by atoms with Gasteiger partial charge in [0.05, 0.1) is 18.0 Å². The highest BCUT2D eigenvalue weighted by molar-refractivity contribution is 5.99. The van der Waals surface area contributed by atoms with Gasteiger partial charge in [-0.05, 0) is 39.0 Å². The quantitative estimate of drug-likeness (QED) is 0.699. The first-order valence-electron chi connectivity index (χ1n) is 8.72. The average molecular weight is 308 g/mol. The largest absolute Gasteiger partial charge is 0.390 e. The van der Waals surface area contributed by atoms with E-state index in [0.29, 0.717) is 0 Å². The topological polar surface area (TPSA) is 42.3 Å². The van der Waals surface area contributed by atoms with Crippen LogP contribution < -0.4 is 0 Å². The van der Waals surface area contributed by atoms with Gasteiger partial charge in [0.15, 0.2) is 5.84 Å². The molecule has 0 aromatic rings. The van der Waals surface area contributed by atoms with Gasteiger partial charge in [-0.1, -0.05) is 13.8 Å². The molecule has 0 aromatic carbocycles. The van der Waals surface area contributed by atoms with Crippen LogP contribution in [-0.2, 0) is 0 Å². The van der Waals surface area contributed by atoms with Crippen LogP contribution in [0.2, 0.25) is 0 Å². The molecule has 0 atom stereocenters. The number of nitrogens with zero attached hydrogens (tertiary/aromatic N) is 4. The molecule has 0 unspecified atom stereocenters. The molecule has 2 rings (SSSR count). The van der Waals surface area contributed by atoms with Crippen molar-refractivity contribution >= 4 is 5.84 Å². The maximum Gasteiger partial charge on any atom is 0.152 e. The highest BCUT2D eigenvalue weighted by Gasteiger charge is 2.28. The van der Waals surface area contributed by atoms with Gasteiger partial charge >= 0.3 is 0 Å². The van der Waals surface area contributed by atoms with Crippen LogP contribution in [0, 0.1) is 0 Å². The summed E-state index contributed by atoms with van der Waals surface area (Å²) < 4.78 is 0. The van der Waals surface area contributed by atoms with Crippen LogP contribution >= 0.6 is 0 Å². The van der Waals surface area contributed by atoms with E-state index in [1.807, 2.05) is 0 Å². The maximum absolute atomic E-state index is 10.3. The molecule has 2 heterocycles. The lowest BCUT2D eigenvalue weighted by Gasteiger charge is -2.35. The summed E-state index contributed by atoms with van der Waals surface area (Å²) in [6.07, 6.45) is 7.09. The molecular formula is C17H32N4O. The fourth-order valence-electron chi connectivity index (χ4n) is 3.24. The third-order valence-electron chi connectivity index (χ3n) is 5.06. The molecule has 0 saturated carbocycles. The molecule has 0 spiro atoms. The Labute approximate surface area is 135 Å². The lowest BCUT2D eigenvalue weighted by Crippen LogP contribution is -2.43. The van der Waals surface area contributed by atoms with E-state index in [9.17, 15) is 5.11 Å². The number of unbranched alkanes of at least 4 members (excludes halogenated alkanes) is 1. The second kappa shape index (κ2) is 7.36. The van der Waals surface area contributed by atoms with E-state index < -0.39 is 5.60 Å². The molecule has 0 aliphatic carbocycles. The van der Waals surface area contributed by atoms with Crippen LogP contribution in [0.15, 0.2) is 16.9 Å². The molecule has 0 saturated heterocycles. The average Bonchev–Trinajstić information content (AvgIpc) is 2.95. The zero-order valence-corrected chi connectivity index (χ0v) is 14.7. The molecule has 0 radical (unpaired) electrons. The van der Waals surface area contributed by atoms with Gasteiger partial charge < -0.3 is 19.8 Å². The van der Waals surface area contributed by atoms with Gasteiger partial charge in [-0.3, -0.25) is 0 Å². The molecule has 2 aliphatic rings. The van der Waals surface area contributed by atoms with Crippen molar-refractivity contribution in [3.8, 4) is 0 Å². The molecule has 2 aliphatic heterocycles. The normalized spacial score (nSPS) is 18.5. The Morgan fingerprint density at radius 2 is 1.95 bits per heavy atom. The summed E-state index contributed by atoms with van der Waals surface area (Å²) in [7, 11) is 2.12. The number of amidine groups is 1. The molecule has 1 N–H and O–H groups in total. The molecule has 5 heteroatoms. The van der Waals surface area contributed by atoms with Gasteiger partial charge in [0.1, 0.15) is 6.67 Å². The van der Waals surface area contributed by atoms with E-state index in [1.54, 1.807) is 0 Å². The van der Waals surface area contributed by atoms with Crippen LogP contribution in [0.25, 0.3) is 0 Å². The predicted molar refractivity (Wildman–Crippen MR) is 91.5 cm³/mol. The Hall–Kier alpha value is -1.23. The second-order valence-corrected chi connectivity index (χ2v) is 6.53. The summed E-state index contributed by atoms with van der Waals surface area (Å²) in [4.78, 5) is 11.5. The highest BCUT2D eigenvalue weighted by Crippen LogP contribution is 2.24. The van der Waals surface area contributed by atoms with E-state index in [2.05, 4.69) is 53.7 Å². The zero-order valence-electron chi connectivity index (χ0n) is 14.7. The number of aliphatic hydroxyl groups is 1. The van der Waals surface area contributed by atoms with E-state index in [1.165, 1.54) is 5.70 Å². The minimum atomic E-state index is -0.457. The molecule has 0 aromatic heterocycles. The van der Waals surface area contributed by atoms with Crippen molar-refractivity contribution in [2.75, 3.05) is 33.5 Å². The van der Waals surface area contributed by atoms with Crippen LogP contribution in [0.1, 0.15) is 52.9 Å². The minimum Gasteiger partial charge on any atom is -0.390 e. The van der Waals surface area contributed by atoms with Crippen LogP contribution in [0.3, 0.4) is 0 Å². The number of likely N-dealkylation sites (N-methyl/N-ethyl adjacent to an activating group) is 2. The fraction of sp³-hybridized carbons (Fsp3) is 0.824. The summed E-state index contributed by atoms with van der Waals surface area (Å²) in [5.41, 5.74) is 0.802. The van der Waals surface area contributed by atoms with Crippen molar-refractivity contribution in [1.29, 1.82) is 0 Å². The van der Waals surface area contributed by atoms with E-state index >= 15 is 0 Å². The molecule has 0 fully saturated rings. The summed E-state index contributed by atoms with van der Waals surface area (Å²) in [5, 5.41) is 10.3. The highest BCUT2D eigenvalue weighted by atomic mass is 16.3. The third kappa shape index (κ3) is 3.75. The molecule has 22 heavy (non-hydrogen) atoms. The van der Waals surface area contributed by atoms with Gasteiger partial charge in [-0.15, -0.1) is 0 Å². The molecule has 126 valence electrons. The Balaban J connectivity index is 1.84. The number of hydrogen-bond acceptors (Lipinski definition) is 5. The Morgan fingerprint density at radius 1 is 1.23 bits per heavy atom. The fourth-order valence-corrected chi connectivity index (χ4v) is 3.24. The number of rotatable bonds is 8. The Kier molecular flexibility index (Phi) is 5.73. The number of aliphatic imine (C=N–C) groups is 1. The third-order valence-corrected chi connectivity index (χ3v) is 5.06. The Morgan fingerprint density at radius 3 is 2.59 bits per heavy atom. The van der Waals surface area contributed by atoms with Crippen molar-refractivity contribution in [2.45, 2.75) is 58.5 Å².